The van der Waals surface area contributed by atoms with Crippen LogP contribution < -0.4 is 10.6 Å². The van der Waals surface area contributed by atoms with Gasteiger partial charge in [0.1, 0.15) is 0 Å². The molecule has 0 unspecified atom stereocenters. The molecule has 1 aliphatic rings. The summed E-state index contributed by atoms with van der Waals surface area (Å²) in [6.07, 6.45) is 5.90. The highest BCUT2D eigenvalue weighted by Gasteiger charge is 2.22. The second-order valence-corrected chi connectivity index (χ2v) is 5.16. The molecule has 122 valence electrons. The fourth-order valence-corrected chi connectivity index (χ4v) is 2.05. The minimum Gasteiger partial charge on any atom is -0.356 e. The Kier molecular flexibility index (Phi) is 7.88. The van der Waals surface area contributed by atoms with E-state index in [1.165, 1.54) is 24.0 Å². The van der Waals surface area contributed by atoms with Gasteiger partial charge in [-0.2, -0.15) is 0 Å². The molecule has 0 aromatic rings. The zero-order valence-corrected chi connectivity index (χ0v) is 12.9. The Morgan fingerprint density at radius 1 is 0.955 bits per heavy atom. The Bertz CT molecular complexity index is 442. The minimum absolute atomic E-state index is 0.0159. The highest BCUT2D eigenvalue weighted by atomic mass is 16.2. The summed E-state index contributed by atoms with van der Waals surface area (Å²) in [5, 5.41) is 5.44. The van der Waals surface area contributed by atoms with E-state index >= 15 is 0 Å². The zero-order chi connectivity index (χ0) is 16.4. The Morgan fingerprint density at radius 2 is 1.59 bits per heavy atom. The van der Waals surface area contributed by atoms with Crippen molar-refractivity contribution in [2.75, 3.05) is 19.6 Å². The van der Waals surface area contributed by atoms with Crippen LogP contribution >= 0.6 is 0 Å². The number of amides is 4. The van der Waals surface area contributed by atoms with Crippen LogP contribution in [0.25, 0.3) is 0 Å². The normalized spacial score (nSPS) is 13.6. The van der Waals surface area contributed by atoms with E-state index in [9.17, 15) is 19.2 Å². The van der Waals surface area contributed by atoms with Crippen molar-refractivity contribution in [3.63, 3.8) is 0 Å². The van der Waals surface area contributed by atoms with Gasteiger partial charge in [-0.25, -0.2) is 0 Å². The van der Waals surface area contributed by atoms with Crippen LogP contribution in [-0.2, 0) is 19.2 Å². The van der Waals surface area contributed by atoms with Crippen LogP contribution in [0, 0.1) is 0 Å². The summed E-state index contributed by atoms with van der Waals surface area (Å²) >= 11 is 0. The van der Waals surface area contributed by atoms with Gasteiger partial charge in [0, 0.05) is 45.1 Å². The van der Waals surface area contributed by atoms with Crippen molar-refractivity contribution < 1.29 is 19.2 Å². The number of nitrogens with one attached hydrogen (secondary N) is 2. The van der Waals surface area contributed by atoms with Crippen LogP contribution in [0.1, 0.15) is 39.0 Å². The van der Waals surface area contributed by atoms with Crippen molar-refractivity contribution in [3.05, 3.63) is 12.2 Å². The van der Waals surface area contributed by atoms with Crippen molar-refractivity contribution in [2.45, 2.75) is 39.0 Å². The van der Waals surface area contributed by atoms with Crippen molar-refractivity contribution in [1.29, 1.82) is 0 Å². The minimum atomic E-state index is -0.262. The third kappa shape index (κ3) is 7.01. The van der Waals surface area contributed by atoms with E-state index in [0.29, 0.717) is 38.9 Å². The summed E-state index contributed by atoms with van der Waals surface area (Å²) < 4.78 is 0. The molecule has 7 heteroatoms. The predicted molar refractivity (Wildman–Crippen MR) is 80.6 cm³/mol. The molecule has 0 saturated heterocycles. The van der Waals surface area contributed by atoms with Crippen LogP contribution in [0.4, 0.5) is 0 Å². The summed E-state index contributed by atoms with van der Waals surface area (Å²) in [7, 11) is 0. The van der Waals surface area contributed by atoms with Crippen molar-refractivity contribution >= 4 is 23.6 Å². The maximum Gasteiger partial charge on any atom is 0.253 e. The highest BCUT2D eigenvalue weighted by Crippen LogP contribution is 2.07. The van der Waals surface area contributed by atoms with Gasteiger partial charge in [0.15, 0.2) is 0 Å². The van der Waals surface area contributed by atoms with E-state index in [2.05, 4.69) is 10.6 Å². The highest BCUT2D eigenvalue weighted by molar-refractivity contribution is 6.12. The number of nitrogens with zero attached hydrogens (tertiary/aromatic N) is 1. The first-order chi connectivity index (χ1) is 10.5. The fourth-order valence-electron chi connectivity index (χ4n) is 2.05. The molecular weight excluding hydrogens is 286 g/mol. The Labute approximate surface area is 130 Å². The molecule has 0 saturated carbocycles. The largest absolute Gasteiger partial charge is 0.356 e. The molecule has 0 fully saturated rings. The van der Waals surface area contributed by atoms with E-state index in [-0.39, 0.29) is 23.6 Å². The van der Waals surface area contributed by atoms with E-state index < -0.39 is 0 Å². The second kappa shape index (κ2) is 9.70. The Balaban J connectivity index is 1.96. The average Bonchev–Trinajstić information content (AvgIpc) is 2.77. The van der Waals surface area contributed by atoms with Crippen molar-refractivity contribution in [3.8, 4) is 0 Å². The molecule has 0 aromatic heterocycles. The van der Waals surface area contributed by atoms with Gasteiger partial charge in [-0.15, -0.1) is 0 Å². The monoisotopic (exact) mass is 309 g/mol. The molecule has 0 spiro atoms. The molecule has 1 aliphatic heterocycles. The molecular formula is C15H23N3O4. The topological polar surface area (TPSA) is 95.6 Å². The number of unbranched alkanes of at least 4 members (excludes halogenated alkanes) is 2. The summed E-state index contributed by atoms with van der Waals surface area (Å²) in [5.74, 6) is -0.613. The van der Waals surface area contributed by atoms with Crippen LogP contribution in [-0.4, -0.2) is 48.2 Å². The van der Waals surface area contributed by atoms with Gasteiger partial charge in [0.2, 0.25) is 11.8 Å². The quantitative estimate of drug-likeness (QED) is 0.442. The summed E-state index contributed by atoms with van der Waals surface area (Å²) in [4.78, 5) is 46.0. The maximum absolute atomic E-state index is 11.5. The summed E-state index contributed by atoms with van der Waals surface area (Å²) in [5.41, 5.74) is 0. The van der Waals surface area contributed by atoms with Gasteiger partial charge in [-0.1, -0.05) is 6.42 Å². The molecule has 0 aliphatic carbocycles. The molecule has 0 bridgehead atoms. The van der Waals surface area contributed by atoms with E-state index in [0.717, 1.165) is 12.8 Å². The third-order valence-electron chi connectivity index (χ3n) is 3.24. The standard InChI is InChI=1S/C15H23N3O4/c1-12(19)16-9-5-10-17-13(20)6-3-2-4-11-18-14(21)7-8-15(18)22/h7-8H,2-6,9-11H2,1H3,(H,16,19)(H,17,20). The van der Waals surface area contributed by atoms with E-state index in [1.807, 2.05) is 0 Å². The van der Waals surface area contributed by atoms with Gasteiger partial charge in [0.05, 0.1) is 0 Å². The Hall–Kier alpha value is -2.18. The van der Waals surface area contributed by atoms with Crippen LogP contribution in [0.5, 0.6) is 0 Å². The predicted octanol–water partition coefficient (Wildman–Crippen LogP) is 0.114. The first kappa shape index (κ1) is 17.9. The average molecular weight is 309 g/mol. The molecule has 1 rings (SSSR count). The Morgan fingerprint density at radius 3 is 2.23 bits per heavy atom. The summed E-state index contributed by atoms with van der Waals surface area (Å²) in [6.45, 7) is 2.96. The van der Waals surface area contributed by atoms with Gasteiger partial charge in [-0.05, 0) is 19.3 Å². The number of carbonyl (C=O) groups excluding carboxylic acids is 4. The molecule has 2 N–H and O–H groups in total. The molecule has 22 heavy (non-hydrogen) atoms. The van der Waals surface area contributed by atoms with E-state index in [4.69, 9.17) is 0 Å². The van der Waals surface area contributed by atoms with Crippen molar-refractivity contribution in [1.82, 2.24) is 15.5 Å². The first-order valence-corrected chi connectivity index (χ1v) is 7.55. The maximum atomic E-state index is 11.5. The smallest absolute Gasteiger partial charge is 0.253 e. The van der Waals surface area contributed by atoms with Crippen LogP contribution in [0.15, 0.2) is 12.2 Å². The SMILES string of the molecule is CC(=O)NCCCNC(=O)CCCCCN1C(=O)C=CC1=O. The second-order valence-electron chi connectivity index (χ2n) is 5.16. The lowest BCUT2D eigenvalue weighted by molar-refractivity contribution is -0.137. The lowest BCUT2D eigenvalue weighted by Gasteiger charge is -2.13. The van der Waals surface area contributed by atoms with Gasteiger partial charge < -0.3 is 10.6 Å². The molecule has 0 radical (unpaired) electrons. The number of hydrogen-bond acceptors (Lipinski definition) is 4. The number of imide groups is 1. The first-order valence-electron chi connectivity index (χ1n) is 7.55. The van der Waals surface area contributed by atoms with Gasteiger partial charge in [0.25, 0.3) is 11.8 Å². The lowest BCUT2D eigenvalue weighted by atomic mass is 10.2. The van der Waals surface area contributed by atoms with Crippen LogP contribution in [0.2, 0.25) is 0 Å². The number of carbonyl (C=O) groups is 4. The zero-order valence-electron chi connectivity index (χ0n) is 12.9. The van der Waals surface area contributed by atoms with Gasteiger partial charge >= 0.3 is 0 Å². The summed E-state index contributed by atoms with van der Waals surface area (Å²) in [6, 6.07) is 0. The van der Waals surface area contributed by atoms with Gasteiger partial charge in [-0.3, -0.25) is 24.1 Å². The number of rotatable bonds is 10. The number of hydrogen-bond donors (Lipinski definition) is 2. The lowest BCUT2D eigenvalue weighted by Crippen LogP contribution is -2.31. The molecule has 1 heterocycles. The molecule has 4 amide bonds. The molecule has 7 nitrogen and oxygen atoms in total. The fraction of sp³-hybridized carbons (Fsp3) is 0.600. The van der Waals surface area contributed by atoms with E-state index in [1.54, 1.807) is 0 Å². The van der Waals surface area contributed by atoms with Crippen molar-refractivity contribution in [2.24, 2.45) is 0 Å². The van der Waals surface area contributed by atoms with Crippen LogP contribution in [0.3, 0.4) is 0 Å². The molecule has 0 aromatic carbocycles. The molecule has 0 atom stereocenters. The third-order valence-corrected chi connectivity index (χ3v) is 3.24.